The van der Waals surface area contributed by atoms with Gasteiger partial charge in [-0.3, -0.25) is 0 Å². The van der Waals surface area contributed by atoms with Gasteiger partial charge < -0.3 is 15.4 Å². The lowest BCUT2D eigenvalue weighted by molar-refractivity contribution is 0.414. The van der Waals surface area contributed by atoms with Crippen LogP contribution in [0.4, 0.5) is 17.5 Å². The highest BCUT2D eigenvalue weighted by Gasteiger charge is 2.07. The Hall–Kier alpha value is -3.15. The number of hydrogen-bond donors (Lipinski definition) is 2. The van der Waals surface area contributed by atoms with Crippen LogP contribution in [0.3, 0.4) is 0 Å². The monoisotopic (exact) mass is 349 g/mol. The molecule has 134 valence electrons. The van der Waals surface area contributed by atoms with Gasteiger partial charge in [-0.15, -0.1) is 5.10 Å². The number of aromatic nitrogens is 3. The molecule has 0 amide bonds. The molecule has 0 fully saturated rings. The molecule has 26 heavy (non-hydrogen) atoms. The Balaban J connectivity index is 1.70. The molecule has 0 aliphatic rings. The number of ether oxygens (including phenoxy) is 1. The third-order valence-corrected chi connectivity index (χ3v) is 4.16. The Morgan fingerprint density at radius 3 is 2.62 bits per heavy atom. The molecule has 3 rings (SSSR count). The molecule has 0 aliphatic heterocycles. The number of aryl methyl sites for hydroxylation is 2. The number of nitrogens with zero attached hydrogens (tertiary/aromatic N) is 3. The van der Waals surface area contributed by atoms with E-state index in [0.29, 0.717) is 18.3 Å². The average molecular weight is 349 g/mol. The normalized spacial score (nSPS) is 10.4. The summed E-state index contributed by atoms with van der Waals surface area (Å²) >= 11 is 0. The van der Waals surface area contributed by atoms with E-state index < -0.39 is 0 Å². The number of hydrogen-bond acceptors (Lipinski definition) is 6. The maximum Gasteiger partial charge on any atom is 0.244 e. The van der Waals surface area contributed by atoms with E-state index in [-0.39, 0.29) is 0 Å². The summed E-state index contributed by atoms with van der Waals surface area (Å²) in [4.78, 5) is 4.51. The summed E-state index contributed by atoms with van der Waals surface area (Å²) in [6.07, 6.45) is 2.58. The molecule has 0 saturated carbocycles. The zero-order valence-electron chi connectivity index (χ0n) is 15.3. The molecule has 6 heteroatoms. The van der Waals surface area contributed by atoms with Crippen LogP contribution in [-0.4, -0.2) is 22.3 Å². The Labute approximate surface area is 153 Å². The van der Waals surface area contributed by atoms with E-state index in [1.807, 2.05) is 24.3 Å². The van der Waals surface area contributed by atoms with Gasteiger partial charge in [-0.05, 0) is 42.2 Å². The van der Waals surface area contributed by atoms with Crippen LogP contribution in [0.5, 0.6) is 5.75 Å². The Bertz CT molecular complexity index is 864. The summed E-state index contributed by atoms with van der Waals surface area (Å²) in [7, 11) is 1.66. The summed E-state index contributed by atoms with van der Waals surface area (Å²) in [6.45, 7) is 4.83. The fraction of sp³-hybridized carbons (Fsp3) is 0.250. The lowest BCUT2D eigenvalue weighted by atomic mass is 10.1. The first kappa shape index (κ1) is 17.7. The molecular formula is C20H23N5O. The lowest BCUT2D eigenvalue weighted by Gasteiger charge is -2.13. The molecule has 0 spiro atoms. The topological polar surface area (TPSA) is 72.0 Å². The third-order valence-electron chi connectivity index (χ3n) is 4.16. The molecule has 0 unspecified atom stereocenters. The molecule has 0 saturated heterocycles. The zero-order valence-corrected chi connectivity index (χ0v) is 15.3. The minimum absolute atomic E-state index is 0.484. The molecule has 0 radical (unpaired) electrons. The second-order valence-electron chi connectivity index (χ2n) is 5.95. The predicted octanol–water partition coefficient (Wildman–Crippen LogP) is 4.11. The molecule has 1 aromatic heterocycles. The summed E-state index contributed by atoms with van der Waals surface area (Å²) < 4.78 is 5.17. The van der Waals surface area contributed by atoms with Gasteiger partial charge in [0.15, 0.2) is 5.82 Å². The van der Waals surface area contributed by atoms with Gasteiger partial charge in [0.1, 0.15) is 5.75 Å². The molecule has 0 aliphatic carbocycles. The molecule has 0 bridgehead atoms. The molecule has 3 aromatic rings. The van der Waals surface area contributed by atoms with E-state index in [0.717, 1.165) is 23.4 Å². The fourth-order valence-corrected chi connectivity index (χ4v) is 2.69. The van der Waals surface area contributed by atoms with Crippen molar-refractivity contribution in [3.8, 4) is 5.75 Å². The number of methoxy groups -OCH3 is 1. The van der Waals surface area contributed by atoms with Gasteiger partial charge in [0.25, 0.3) is 0 Å². The van der Waals surface area contributed by atoms with Crippen LogP contribution in [0.2, 0.25) is 0 Å². The minimum Gasteiger partial charge on any atom is -0.497 e. The highest BCUT2D eigenvalue weighted by molar-refractivity contribution is 5.64. The quantitative estimate of drug-likeness (QED) is 0.669. The number of benzene rings is 2. The Kier molecular flexibility index (Phi) is 5.63. The maximum absolute atomic E-state index is 5.17. The van der Waals surface area contributed by atoms with E-state index >= 15 is 0 Å². The molecule has 2 aromatic carbocycles. The Morgan fingerprint density at radius 2 is 1.88 bits per heavy atom. The fourth-order valence-electron chi connectivity index (χ4n) is 2.69. The smallest absolute Gasteiger partial charge is 0.244 e. The predicted molar refractivity (Wildman–Crippen MR) is 104 cm³/mol. The van der Waals surface area contributed by atoms with E-state index in [4.69, 9.17) is 4.74 Å². The highest BCUT2D eigenvalue weighted by atomic mass is 16.5. The highest BCUT2D eigenvalue weighted by Crippen LogP contribution is 2.24. The zero-order chi connectivity index (χ0) is 18.4. The molecule has 6 nitrogen and oxygen atoms in total. The van der Waals surface area contributed by atoms with Crippen molar-refractivity contribution in [3.63, 3.8) is 0 Å². The second kappa shape index (κ2) is 8.29. The van der Waals surface area contributed by atoms with Crippen molar-refractivity contribution < 1.29 is 4.74 Å². The van der Waals surface area contributed by atoms with E-state index in [9.17, 15) is 0 Å². The van der Waals surface area contributed by atoms with Gasteiger partial charge in [0.05, 0.1) is 13.3 Å². The van der Waals surface area contributed by atoms with E-state index in [2.05, 4.69) is 57.9 Å². The number of para-hydroxylation sites is 1. The summed E-state index contributed by atoms with van der Waals surface area (Å²) in [5.41, 5.74) is 4.61. The average Bonchev–Trinajstić information content (AvgIpc) is 2.68. The number of nitrogens with one attached hydrogen (secondary N) is 2. The second-order valence-corrected chi connectivity index (χ2v) is 5.95. The van der Waals surface area contributed by atoms with E-state index in [1.165, 1.54) is 11.1 Å². The molecule has 0 atom stereocenters. The van der Waals surface area contributed by atoms with Crippen LogP contribution in [0.25, 0.3) is 0 Å². The molecule has 1 heterocycles. The van der Waals surface area contributed by atoms with Crippen molar-refractivity contribution in [1.29, 1.82) is 0 Å². The van der Waals surface area contributed by atoms with Crippen molar-refractivity contribution in [3.05, 3.63) is 65.4 Å². The van der Waals surface area contributed by atoms with Gasteiger partial charge in [-0.1, -0.05) is 37.3 Å². The summed E-state index contributed by atoms with van der Waals surface area (Å²) in [5.74, 6) is 1.99. The largest absolute Gasteiger partial charge is 0.497 e. The van der Waals surface area contributed by atoms with Crippen molar-refractivity contribution in [1.82, 2.24) is 15.2 Å². The molecular weight excluding hydrogens is 326 g/mol. The standard InChI is InChI=1S/C20H23N5O/c1-4-16-7-5-6-14(2)19(16)23-18-13-22-25-20(24-18)21-12-15-8-10-17(26-3)11-9-15/h5-11,13H,4,12H2,1-3H3,(H2,21,23,24,25). The van der Waals surface area contributed by atoms with E-state index in [1.54, 1.807) is 13.3 Å². The van der Waals surface area contributed by atoms with Gasteiger partial charge >= 0.3 is 0 Å². The third kappa shape index (κ3) is 4.27. The van der Waals surface area contributed by atoms with Gasteiger partial charge in [-0.2, -0.15) is 10.1 Å². The minimum atomic E-state index is 0.484. The van der Waals surface area contributed by atoms with Crippen LogP contribution in [0, 0.1) is 6.92 Å². The van der Waals surface area contributed by atoms with Gasteiger partial charge in [-0.25, -0.2) is 0 Å². The maximum atomic E-state index is 5.17. The van der Waals surface area contributed by atoms with Crippen LogP contribution in [0.1, 0.15) is 23.6 Å². The van der Waals surface area contributed by atoms with Crippen molar-refractivity contribution >= 4 is 17.5 Å². The van der Waals surface area contributed by atoms with Crippen LogP contribution in [-0.2, 0) is 13.0 Å². The van der Waals surface area contributed by atoms with Crippen LogP contribution < -0.4 is 15.4 Å². The SMILES string of the molecule is CCc1cccc(C)c1Nc1cnnc(NCc2ccc(OC)cc2)n1. The number of anilines is 3. The van der Waals surface area contributed by atoms with Crippen LogP contribution >= 0.6 is 0 Å². The first-order chi connectivity index (χ1) is 12.7. The Morgan fingerprint density at radius 1 is 1.08 bits per heavy atom. The first-order valence-electron chi connectivity index (χ1n) is 8.61. The van der Waals surface area contributed by atoms with Gasteiger partial charge in [0.2, 0.25) is 5.95 Å². The molecule has 2 N–H and O–H groups in total. The first-order valence-corrected chi connectivity index (χ1v) is 8.61. The van der Waals surface area contributed by atoms with Crippen molar-refractivity contribution in [2.45, 2.75) is 26.8 Å². The van der Waals surface area contributed by atoms with Gasteiger partial charge in [0, 0.05) is 12.2 Å². The van der Waals surface area contributed by atoms with Crippen LogP contribution in [0.15, 0.2) is 48.7 Å². The van der Waals surface area contributed by atoms with Crippen molar-refractivity contribution in [2.75, 3.05) is 17.7 Å². The summed E-state index contributed by atoms with van der Waals surface area (Å²) in [6, 6.07) is 14.1. The number of rotatable bonds is 7. The lowest BCUT2D eigenvalue weighted by Crippen LogP contribution is -2.07. The van der Waals surface area contributed by atoms with Crippen molar-refractivity contribution in [2.24, 2.45) is 0 Å². The summed E-state index contributed by atoms with van der Waals surface area (Å²) in [5, 5.41) is 14.7.